The first-order valence-electron chi connectivity index (χ1n) is 10.8. The van der Waals surface area contributed by atoms with Gasteiger partial charge in [0.15, 0.2) is 5.75 Å². The van der Waals surface area contributed by atoms with Gasteiger partial charge in [-0.25, -0.2) is 8.42 Å². The Morgan fingerprint density at radius 3 is 2.16 bits per heavy atom. The van der Waals surface area contributed by atoms with Crippen molar-refractivity contribution in [1.29, 1.82) is 0 Å². The first-order valence-corrected chi connectivity index (χ1v) is 14.4. The van der Waals surface area contributed by atoms with Crippen LogP contribution in [0.3, 0.4) is 0 Å². The number of ether oxygens (including phenoxy) is 1. The predicted molar refractivity (Wildman–Crippen MR) is 136 cm³/mol. The summed E-state index contributed by atoms with van der Waals surface area (Å²) in [5.74, 6) is -1.60. The number of esters is 1. The highest BCUT2D eigenvalue weighted by molar-refractivity contribution is 7.93. The molecule has 0 aliphatic heterocycles. The van der Waals surface area contributed by atoms with Gasteiger partial charge in [0.2, 0.25) is 0 Å². The summed E-state index contributed by atoms with van der Waals surface area (Å²) in [4.78, 5) is 12.2. The highest BCUT2D eigenvalue weighted by Crippen LogP contribution is 2.38. The number of nitrogens with zero attached hydrogens (tertiary/aromatic N) is 1. The summed E-state index contributed by atoms with van der Waals surface area (Å²) in [6, 6.07) is 10.8. The van der Waals surface area contributed by atoms with E-state index >= 15 is 0 Å². The van der Waals surface area contributed by atoms with E-state index in [1.165, 1.54) is 36.4 Å². The van der Waals surface area contributed by atoms with Crippen LogP contribution in [0.15, 0.2) is 59.5 Å². The number of benzene rings is 3. The summed E-state index contributed by atoms with van der Waals surface area (Å²) in [7, 11) is -10.6. The van der Waals surface area contributed by atoms with Gasteiger partial charge in [-0.15, -0.1) is 0 Å². The number of hydrogen-bond acceptors (Lipinski definition) is 7. The molecule has 206 valence electrons. The number of carbonyl (C=O) groups is 1. The Morgan fingerprint density at radius 2 is 1.55 bits per heavy atom. The number of anilines is 1. The SMILES string of the molecule is CCCCOC(=O)CN(c1cccc2c(OS(=O)(=O)C(F)(F)F)cccc12)S(=O)(=O)c1cc(Cl)cc(Cl)c1. The number of carbonyl (C=O) groups excluding carboxylic acids is 1. The Labute approximate surface area is 227 Å². The molecule has 3 aromatic rings. The van der Waals surface area contributed by atoms with Crippen molar-refractivity contribution in [2.45, 2.75) is 30.2 Å². The van der Waals surface area contributed by atoms with Crippen LogP contribution < -0.4 is 8.49 Å². The van der Waals surface area contributed by atoms with E-state index < -0.39 is 43.9 Å². The Morgan fingerprint density at radius 1 is 0.947 bits per heavy atom. The average molecular weight is 614 g/mol. The molecule has 0 N–H and O–H groups in total. The van der Waals surface area contributed by atoms with Gasteiger partial charge in [-0.2, -0.15) is 21.6 Å². The molecule has 0 saturated carbocycles. The van der Waals surface area contributed by atoms with Crippen LogP contribution in [0, 0.1) is 0 Å². The van der Waals surface area contributed by atoms with Gasteiger partial charge in [0.1, 0.15) is 6.54 Å². The largest absolute Gasteiger partial charge is 0.534 e. The monoisotopic (exact) mass is 613 g/mol. The molecular weight excluding hydrogens is 594 g/mol. The number of alkyl halides is 3. The van der Waals surface area contributed by atoms with Crippen molar-refractivity contribution >= 4 is 65.8 Å². The quantitative estimate of drug-likeness (QED) is 0.121. The first kappa shape index (κ1) is 29.8. The molecule has 0 fully saturated rings. The highest BCUT2D eigenvalue weighted by Gasteiger charge is 2.48. The van der Waals surface area contributed by atoms with E-state index in [4.69, 9.17) is 27.9 Å². The number of rotatable bonds is 10. The number of unbranched alkanes of at least 4 members (excludes halogenated alkanes) is 1. The van der Waals surface area contributed by atoms with Gasteiger partial charge in [0.05, 0.1) is 17.2 Å². The molecular formula is C23H20Cl2F3NO7S2. The van der Waals surface area contributed by atoms with Crippen LogP contribution >= 0.6 is 23.2 Å². The number of halogens is 5. The van der Waals surface area contributed by atoms with Crippen molar-refractivity contribution < 1.29 is 43.7 Å². The summed E-state index contributed by atoms with van der Waals surface area (Å²) >= 11 is 12.0. The molecule has 3 aromatic carbocycles. The third-order valence-corrected chi connectivity index (χ3v) is 8.21. The van der Waals surface area contributed by atoms with Gasteiger partial charge in [0, 0.05) is 20.8 Å². The minimum atomic E-state index is -6.02. The second-order valence-electron chi connectivity index (χ2n) is 7.80. The minimum Gasteiger partial charge on any atom is -0.464 e. The smallest absolute Gasteiger partial charge is 0.464 e. The number of sulfonamides is 1. The van der Waals surface area contributed by atoms with E-state index in [9.17, 15) is 34.8 Å². The predicted octanol–water partition coefficient (Wildman–Crippen LogP) is 5.91. The van der Waals surface area contributed by atoms with E-state index in [0.717, 1.165) is 18.2 Å². The van der Waals surface area contributed by atoms with Crippen LogP contribution in [-0.2, 0) is 29.7 Å². The van der Waals surface area contributed by atoms with Crippen LogP contribution in [0.2, 0.25) is 10.0 Å². The Balaban J connectivity index is 2.19. The van der Waals surface area contributed by atoms with Gasteiger partial charge in [0.25, 0.3) is 10.0 Å². The number of hydrogen-bond donors (Lipinski definition) is 0. The fraction of sp³-hybridized carbons (Fsp3) is 0.261. The molecule has 0 saturated heterocycles. The minimum absolute atomic E-state index is 0.00693. The second-order valence-corrected chi connectivity index (χ2v) is 12.1. The zero-order chi connectivity index (χ0) is 28.3. The summed E-state index contributed by atoms with van der Waals surface area (Å²) in [6.45, 7) is 1.08. The molecule has 0 radical (unpaired) electrons. The van der Waals surface area contributed by atoms with E-state index in [2.05, 4.69) is 4.18 Å². The third kappa shape index (κ3) is 6.63. The highest BCUT2D eigenvalue weighted by atomic mass is 35.5. The maximum atomic E-state index is 13.7. The first-order chi connectivity index (χ1) is 17.7. The molecule has 8 nitrogen and oxygen atoms in total. The van der Waals surface area contributed by atoms with Gasteiger partial charge in [-0.3, -0.25) is 9.10 Å². The average Bonchev–Trinajstić information content (AvgIpc) is 2.81. The van der Waals surface area contributed by atoms with Gasteiger partial charge in [-0.05, 0) is 36.8 Å². The summed E-state index contributed by atoms with van der Waals surface area (Å²) in [6.07, 6.45) is 1.24. The lowest BCUT2D eigenvalue weighted by atomic mass is 10.1. The van der Waals surface area contributed by atoms with Crippen LogP contribution in [0.1, 0.15) is 19.8 Å². The summed E-state index contributed by atoms with van der Waals surface area (Å²) in [5.41, 5.74) is -5.86. The van der Waals surface area contributed by atoms with E-state index in [0.29, 0.717) is 17.1 Å². The molecule has 38 heavy (non-hydrogen) atoms. The molecule has 0 bridgehead atoms. The second kappa shape index (κ2) is 11.6. The van der Waals surface area contributed by atoms with Crippen molar-refractivity contribution in [3.8, 4) is 5.75 Å². The summed E-state index contributed by atoms with van der Waals surface area (Å²) in [5, 5.41) is -0.207. The normalized spacial score (nSPS) is 12.4. The summed E-state index contributed by atoms with van der Waals surface area (Å²) < 4.78 is 99.6. The molecule has 0 unspecified atom stereocenters. The molecule has 0 aromatic heterocycles. The van der Waals surface area contributed by atoms with E-state index in [-0.39, 0.29) is 38.0 Å². The van der Waals surface area contributed by atoms with Gasteiger partial charge >= 0.3 is 21.6 Å². The lowest BCUT2D eigenvalue weighted by molar-refractivity contribution is -0.141. The lowest BCUT2D eigenvalue weighted by Gasteiger charge is -2.25. The van der Waals surface area contributed by atoms with Crippen LogP contribution in [0.25, 0.3) is 10.8 Å². The fourth-order valence-electron chi connectivity index (χ4n) is 3.32. The van der Waals surface area contributed by atoms with Crippen molar-refractivity contribution in [1.82, 2.24) is 0 Å². The maximum absolute atomic E-state index is 13.7. The van der Waals surface area contributed by atoms with Crippen LogP contribution in [-0.4, -0.2) is 41.5 Å². The Kier molecular flexibility index (Phi) is 9.07. The van der Waals surface area contributed by atoms with Crippen molar-refractivity contribution in [3.63, 3.8) is 0 Å². The fourth-order valence-corrected chi connectivity index (χ4v) is 5.95. The van der Waals surface area contributed by atoms with Crippen LogP contribution in [0.4, 0.5) is 18.9 Å². The van der Waals surface area contributed by atoms with E-state index in [1.54, 1.807) is 0 Å². The third-order valence-electron chi connectivity index (χ3n) is 5.07. The van der Waals surface area contributed by atoms with Crippen molar-refractivity contribution in [2.24, 2.45) is 0 Å². The Bertz CT molecular complexity index is 1540. The lowest BCUT2D eigenvalue weighted by Crippen LogP contribution is -2.37. The molecule has 0 aliphatic carbocycles. The maximum Gasteiger partial charge on any atom is 0.534 e. The molecule has 0 heterocycles. The van der Waals surface area contributed by atoms with Gasteiger partial charge < -0.3 is 8.92 Å². The molecule has 0 amide bonds. The Hall–Kier alpha value is -2.74. The molecule has 0 atom stereocenters. The van der Waals surface area contributed by atoms with Crippen molar-refractivity contribution in [2.75, 3.05) is 17.5 Å². The zero-order valence-corrected chi connectivity index (χ0v) is 22.7. The van der Waals surface area contributed by atoms with E-state index in [1.807, 2.05) is 6.92 Å². The molecule has 15 heteroatoms. The standard InChI is InChI=1S/C23H20Cl2F3NO7S2/c1-2-3-10-35-22(30)14-29(37(31,32)17-12-15(24)11-16(25)13-17)20-8-4-7-19-18(20)6-5-9-21(19)36-38(33,34)23(26,27)28/h4-9,11-13H,2-3,10,14H2,1H3. The zero-order valence-electron chi connectivity index (χ0n) is 19.5. The number of fused-ring (bicyclic) bond motifs is 1. The van der Waals surface area contributed by atoms with Crippen molar-refractivity contribution in [3.05, 3.63) is 64.6 Å². The topological polar surface area (TPSA) is 107 Å². The molecule has 0 spiro atoms. The molecule has 0 aliphatic rings. The molecule has 3 rings (SSSR count). The van der Waals surface area contributed by atoms with Gasteiger partial charge in [-0.1, -0.05) is 60.8 Å². The van der Waals surface area contributed by atoms with Crippen LogP contribution in [0.5, 0.6) is 5.75 Å².